The fourth-order valence-electron chi connectivity index (χ4n) is 1.06. The Balaban J connectivity index is -0.0000000930. The summed E-state index contributed by atoms with van der Waals surface area (Å²) in [5.41, 5.74) is 14.1. The number of para-hydroxylation sites is 2. The second kappa shape index (κ2) is 33.2. The predicted octanol–water partition coefficient (Wildman–Crippen LogP) is 4.67. The number of hydrogen-bond donors (Lipinski definition) is 1. The summed E-state index contributed by atoms with van der Waals surface area (Å²) in [6, 6.07) is 11.5. The monoisotopic (exact) mass is 546 g/mol. The first-order valence-corrected chi connectivity index (χ1v) is 10.7. The molecule has 3 N–H and O–H groups in total. The van der Waals surface area contributed by atoms with Gasteiger partial charge in [-0.2, -0.15) is 0 Å². The van der Waals surface area contributed by atoms with Gasteiger partial charge in [-0.15, -0.1) is 0 Å². The zero-order valence-corrected chi connectivity index (χ0v) is 22.4. The van der Waals surface area contributed by atoms with Gasteiger partial charge in [0, 0.05) is 0 Å². The molecule has 170 valence electrons. The molecule has 2 atom stereocenters. The number of aromatic nitrogens is 2. The van der Waals surface area contributed by atoms with Gasteiger partial charge in [-0.3, -0.25) is 26.8 Å². The molecule has 14 heteroatoms. The van der Waals surface area contributed by atoms with Crippen molar-refractivity contribution in [1.29, 1.82) is 0 Å². The molecule has 31 heavy (non-hydrogen) atoms. The van der Waals surface area contributed by atoms with Crippen molar-refractivity contribution in [2.24, 2.45) is 0 Å². The van der Waals surface area contributed by atoms with Crippen LogP contribution in [0, 0.1) is 0 Å². The summed E-state index contributed by atoms with van der Waals surface area (Å²) >= 11 is 0. The van der Waals surface area contributed by atoms with E-state index in [0.717, 1.165) is 37.8 Å². The van der Waals surface area contributed by atoms with Gasteiger partial charge in [0.15, 0.2) is 0 Å². The Morgan fingerprint density at radius 3 is 1.81 bits per heavy atom. The quantitative estimate of drug-likeness (QED) is 0.331. The van der Waals surface area contributed by atoms with Crippen LogP contribution < -0.4 is 0 Å². The number of methoxy groups -OCH3 is 2. The maximum absolute atomic E-state index is 9.45. The third-order valence-electron chi connectivity index (χ3n) is 2.25. The molecule has 1 aromatic carbocycles. The number of rotatable bonds is 4. The van der Waals surface area contributed by atoms with Crippen LogP contribution in [0.5, 0.6) is 0 Å². The summed E-state index contributed by atoms with van der Waals surface area (Å²) in [4.78, 5) is 44.1. The van der Waals surface area contributed by atoms with Crippen molar-refractivity contribution < 1.29 is 65.8 Å². The number of benzene rings is 1. The second-order valence-corrected chi connectivity index (χ2v) is 6.05. The number of H-pyrrole nitrogens is 1. The molecule has 2 radical (unpaired) electrons. The number of carbonyl (C=O) groups excluding carboxylic acids is 4. The van der Waals surface area contributed by atoms with Crippen LogP contribution >= 0.6 is 17.2 Å². The van der Waals surface area contributed by atoms with E-state index in [1.165, 1.54) is 0 Å². The van der Waals surface area contributed by atoms with Crippen LogP contribution in [-0.2, 0) is 56.2 Å². The first-order chi connectivity index (χ1) is 13.8. The van der Waals surface area contributed by atoms with Gasteiger partial charge in [0.2, 0.25) is 12.2 Å². The smallest absolute Gasteiger partial charge is 0.632 e. The van der Waals surface area contributed by atoms with Crippen molar-refractivity contribution in [1.82, 2.24) is 9.97 Å². The molecule has 0 bridgehead atoms. The first-order valence-electron chi connectivity index (χ1n) is 7.95. The zero-order chi connectivity index (χ0) is 22.9. The number of amides is 2. The average molecular weight is 546 g/mol. The summed E-state index contributed by atoms with van der Waals surface area (Å²) < 4.78 is 7.56. The number of imidazole rings is 1. The van der Waals surface area contributed by atoms with E-state index in [1.54, 1.807) is 19.0 Å². The summed E-state index contributed by atoms with van der Waals surface area (Å²) in [7, 11) is 3.07. The largest absolute Gasteiger partial charge is 2.00 e. The van der Waals surface area contributed by atoms with E-state index >= 15 is 0 Å². The normalized spacial score (nSPS) is 8.26. The van der Waals surface area contributed by atoms with Gasteiger partial charge in [0.05, 0.1) is 31.6 Å². The van der Waals surface area contributed by atoms with Crippen molar-refractivity contribution >= 4 is 52.4 Å². The van der Waals surface area contributed by atoms with Gasteiger partial charge in [0.1, 0.15) is 0 Å². The Labute approximate surface area is 210 Å². The van der Waals surface area contributed by atoms with E-state index in [-0.39, 0.29) is 37.1 Å². The summed E-state index contributed by atoms with van der Waals surface area (Å²) in [5.74, 6) is 0. The van der Waals surface area contributed by atoms with Gasteiger partial charge in [0.25, 0.3) is 0 Å². The number of fused-ring (bicyclic) bond motifs is 1. The maximum atomic E-state index is 9.45. The molecule has 0 saturated heterocycles. The fourth-order valence-corrected chi connectivity index (χ4v) is 1.41. The van der Waals surface area contributed by atoms with Gasteiger partial charge < -0.3 is 35.5 Å². The van der Waals surface area contributed by atoms with Crippen molar-refractivity contribution in [3.05, 3.63) is 42.1 Å². The minimum Gasteiger partial charge on any atom is -0.632 e. The van der Waals surface area contributed by atoms with Gasteiger partial charge >= 0.3 is 37.1 Å². The average Bonchev–Trinajstić information content (AvgIpc) is 3.22. The van der Waals surface area contributed by atoms with Crippen LogP contribution in [0.3, 0.4) is 0 Å². The minimum absolute atomic E-state index is 0. The van der Waals surface area contributed by atoms with Crippen LogP contribution in [0.25, 0.3) is 22.5 Å². The predicted molar refractivity (Wildman–Crippen MR) is 119 cm³/mol. The number of carbonyl (C=O) groups is 2. The molecule has 0 aliphatic rings. The van der Waals surface area contributed by atoms with Crippen molar-refractivity contribution in [3.63, 3.8) is 0 Å². The van der Waals surface area contributed by atoms with Crippen molar-refractivity contribution in [2.75, 3.05) is 27.0 Å². The molecule has 0 spiro atoms. The topological polar surface area (TPSA) is 163 Å². The number of nitrogens with zero attached hydrogens (tertiary/aromatic N) is 1. The van der Waals surface area contributed by atoms with Crippen LogP contribution in [-0.4, -0.2) is 61.3 Å². The first kappa shape index (κ1) is 40.0. The zero-order valence-electron chi connectivity index (χ0n) is 17.6. The van der Waals surface area contributed by atoms with Crippen LogP contribution in [0.2, 0.25) is 0 Å². The van der Waals surface area contributed by atoms with E-state index in [9.17, 15) is 14.4 Å². The van der Waals surface area contributed by atoms with Gasteiger partial charge in [-0.1, -0.05) is 38.3 Å². The molecular formula is C17H26N4O6P2V2. The second-order valence-electron chi connectivity index (χ2n) is 4.28. The molecule has 0 fully saturated rings. The number of nitrogens with one attached hydrogen (secondary N) is 3. The van der Waals surface area contributed by atoms with Crippen molar-refractivity contribution in [3.8, 4) is 0 Å². The third kappa shape index (κ3) is 36.3. The maximum Gasteiger partial charge on any atom is 2.00 e. The van der Waals surface area contributed by atoms with E-state index in [0.29, 0.717) is 17.2 Å². The van der Waals surface area contributed by atoms with E-state index < -0.39 is 12.2 Å². The third-order valence-corrected chi connectivity index (χ3v) is 3.35. The molecule has 2 unspecified atom stereocenters. The molecule has 2 rings (SSSR count). The van der Waals surface area contributed by atoms with Crippen LogP contribution in [0.15, 0.2) is 30.6 Å². The van der Waals surface area contributed by atoms with Gasteiger partial charge in [-0.25, -0.2) is 17.0 Å². The Morgan fingerprint density at radius 1 is 1.06 bits per heavy atom. The molecule has 1 aromatic heterocycles. The van der Waals surface area contributed by atoms with Gasteiger partial charge in [-0.05, 0) is 12.1 Å². The molecule has 1 heterocycles. The summed E-state index contributed by atoms with van der Waals surface area (Å²) in [6.45, 7) is 3.84. The molecule has 2 amide bonds. The SMILES string of the molecule is CCCP[C-]=O.COC([NH-])=O.COC([NH-])=O.CP[C-]=O.[V+2].[V+2].c1ccc2[nH]cnc2c1. The number of ether oxygens (including phenoxy) is 2. The number of aromatic amines is 1. The molecule has 0 aliphatic heterocycles. The van der Waals surface area contributed by atoms with E-state index in [2.05, 4.69) is 26.4 Å². The van der Waals surface area contributed by atoms with E-state index in [4.69, 9.17) is 16.3 Å². The summed E-state index contributed by atoms with van der Waals surface area (Å²) in [6.07, 6.45) is 1.83. The molecule has 0 saturated carbocycles. The van der Waals surface area contributed by atoms with Crippen LogP contribution in [0.4, 0.5) is 9.59 Å². The van der Waals surface area contributed by atoms with Crippen LogP contribution in [0.1, 0.15) is 13.3 Å². The Hall–Kier alpha value is -1.40. The number of hydrogen-bond acceptors (Lipinski definition) is 7. The van der Waals surface area contributed by atoms with Crippen molar-refractivity contribution in [2.45, 2.75) is 13.3 Å². The molecule has 2 aromatic rings. The molecule has 10 nitrogen and oxygen atoms in total. The summed E-state index contributed by atoms with van der Waals surface area (Å²) in [5, 5.41) is 0. The minimum atomic E-state index is -0.995. The fraction of sp³-hybridized carbons (Fsp3) is 0.353. The Kier molecular flexibility index (Phi) is 42.9. The standard InChI is InChI=1S/C7H6N2.C4H8OP.2C2H5NO2.C2H4OP.2V/c1-2-4-7-6(3-1)8-5-9-7;1-2-3-6-4-5;2*1-5-2(3)4;1-4-2-3;;/h1-5H,(H,8,9);6H,2-3H2,1H3;2*1H3,(H2,3,4);4H,1H3;;/q;-1;;;-1;2*+2/p-2. The molecular weight excluding hydrogens is 520 g/mol. The Morgan fingerprint density at radius 2 is 1.52 bits per heavy atom. The Bertz CT molecular complexity index is 637. The molecule has 0 aliphatic carbocycles. The van der Waals surface area contributed by atoms with E-state index in [1.807, 2.05) is 30.3 Å².